The summed E-state index contributed by atoms with van der Waals surface area (Å²) >= 11 is 0. The second-order valence-electron chi connectivity index (χ2n) is 5.33. The molecular formula is C14H19NO5S. The predicted octanol–water partition coefficient (Wildman–Crippen LogP) is 2.47. The molecule has 0 saturated heterocycles. The minimum Gasteiger partial charge on any atom is -0.465 e. The second kappa shape index (κ2) is 6.11. The van der Waals surface area contributed by atoms with Crippen LogP contribution >= 0.6 is 0 Å². The molecule has 0 aromatic carbocycles. The summed E-state index contributed by atoms with van der Waals surface area (Å²) in [5, 5.41) is 0. The smallest absolute Gasteiger partial charge is 0.341 e. The van der Waals surface area contributed by atoms with E-state index in [-0.39, 0.29) is 21.9 Å². The molecule has 6 nitrogen and oxygen atoms in total. The van der Waals surface area contributed by atoms with E-state index in [0.717, 1.165) is 32.1 Å². The van der Waals surface area contributed by atoms with Crippen molar-refractivity contribution in [3.8, 4) is 0 Å². The number of aryl methyl sites for hydroxylation is 1. The molecule has 0 spiro atoms. The number of methoxy groups -OCH3 is 1. The van der Waals surface area contributed by atoms with Crippen LogP contribution in [-0.4, -0.2) is 31.0 Å². The molecule has 0 bridgehead atoms. The second-order valence-corrected chi connectivity index (χ2v) is 6.69. The molecule has 1 aromatic heterocycles. The molecule has 1 fully saturated rings. The molecule has 1 saturated carbocycles. The van der Waals surface area contributed by atoms with Gasteiger partial charge in [0, 0.05) is 12.1 Å². The van der Waals surface area contributed by atoms with Crippen LogP contribution in [0, 0.1) is 6.92 Å². The van der Waals surface area contributed by atoms with Crippen LogP contribution in [0.1, 0.15) is 59.6 Å². The van der Waals surface area contributed by atoms with E-state index in [2.05, 4.69) is 4.98 Å². The van der Waals surface area contributed by atoms with Crippen molar-refractivity contribution in [1.82, 2.24) is 4.98 Å². The maximum absolute atomic E-state index is 12.1. The molecule has 0 atom stereocenters. The minimum absolute atomic E-state index is 0.0222. The molecule has 1 aliphatic carbocycles. The highest BCUT2D eigenvalue weighted by atomic mass is 32.2. The van der Waals surface area contributed by atoms with Crippen LogP contribution < -0.4 is 0 Å². The van der Waals surface area contributed by atoms with Crippen LogP contribution in [-0.2, 0) is 14.9 Å². The number of carbonyl (C=O) groups excluding carboxylic acids is 1. The Balaban J connectivity index is 2.67. The quantitative estimate of drug-likeness (QED) is 0.680. The highest BCUT2D eigenvalue weighted by molar-refractivity contribution is 7.86. The number of carbonyl (C=O) groups is 1. The zero-order chi connectivity index (χ0) is 15.6. The van der Waals surface area contributed by atoms with Gasteiger partial charge in [0.2, 0.25) is 0 Å². The summed E-state index contributed by atoms with van der Waals surface area (Å²) in [6.45, 7) is 1.49. The molecule has 0 amide bonds. The predicted molar refractivity (Wildman–Crippen MR) is 76.0 cm³/mol. The van der Waals surface area contributed by atoms with Crippen molar-refractivity contribution in [3.05, 3.63) is 23.0 Å². The topological polar surface area (TPSA) is 93.6 Å². The Morgan fingerprint density at radius 1 is 1.33 bits per heavy atom. The fourth-order valence-corrected chi connectivity index (χ4v) is 3.83. The third-order valence-corrected chi connectivity index (χ3v) is 4.92. The largest absolute Gasteiger partial charge is 0.465 e. The average molecular weight is 313 g/mol. The van der Waals surface area contributed by atoms with E-state index in [1.165, 1.54) is 20.2 Å². The van der Waals surface area contributed by atoms with Gasteiger partial charge in [0.05, 0.1) is 12.8 Å². The first-order valence-corrected chi connectivity index (χ1v) is 8.35. The van der Waals surface area contributed by atoms with Crippen molar-refractivity contribution in [2.45, 2.75) is 49.8 Å². The van der Waals surface area contributed by atoms with Crippen LogP contribution in [0.25, 0.3) is 0 Å². The van der Waals surface area contributed by atoms with Crippen molar-refractivity contribution in [2.24, 2.45) is 0 Å². The van der Waals surface area contributed by atoms with Crippen LogP contribution in [0.5, 0.6) is 0 Å². The van der Waals surface area contributed by atoms with Gasteiger partial charge in [-0.15, -0.1) is 0 Å². The lowest BCUT2D eigenvalue weighted by atomic mass is 9.84. The molecule has 0 radical (unpaired) electrons. The van der Waals surface area contributed by atoms with E-state index in [9.17, 15) is 17.8 Å². The van der Waals surface area contributed by atoms with Crippen LogP contribution in [0.3, 0.4) is 0 Å². The number of pyridine rings is 1. The van der Waals surface area contributed by atoms with E-state index in [4.69, 9.17) is 4.74 Å². The number of rotatable bonds is 3. The SMILES string of the molecule is COC(=O)c1c(C2CCCCC2)ncc(C)c1S(=O)(=O)O. The zero-order valence-electron chi connectivity index (χ0n) is 12.1. The lowest BCUT2D eigenvalue weighted by Crippen LogP contribution is -2.19. The van der Waals surface area contributed by atoms with Crippen LogP contribution in [0.15, 0.2) is 11.1 Å². The Morgan fingerprint density at radius 2 is 1.95 bits per heavy atom. The maximum Gasteiger partial charge on any atom is 0.341 e. The molecule has 0 unspecified atom stereocenters. The fraction of sp³-hybridized carbons (Fsp3) is 0.571. The summed E-state index contributed by atoms with van der Waals surface area (Å²) in [5.41, 5.74) is 0.532. The summed E-state index contributed by atoms with van der Waals surface area (Å²) in [6, 6.07) is 0. The molecule has 7 heteroatoms. The first-order valence-electron chi connectivity index (χ1n) is 6.91. The van der Waals surface area contributed by atoms with Crippen molar-refractivity contribution in [2.75, 3.05) is 7.11 Å². The third-order valence-electron chi connectivity index (χ3n) is 3.88. The molecule has 21 heavy (non-hydrogen) atoms. The Morgan fingerprint density at radius 3 is 2.48 bits per heavy atom. The summed E-state index contributed by atoms with van der Waals surface area (Å²) in [5.74, 6) is -0.756. The van der Waals surface area contributed by atoms with Gasteiger partial charge in [-0.25, -0.2) is 4.79 Å². The number of hydrogen-bond donors (Lipinski definition) is 1. The summed E-state index contributed by atoms with van der Waals surface area (Å²) < 4.78 is 37.5. The molecule has 1 N–H and O–H groups in total. The van der Waals surface area contributed by atoms with Gasteiger partial charge in [0.25, 0.3) is 10.1 Å². The highest BCUT2D eigenvalue weighted by Gasteiger charge is 2.31. The summed E-state index contributed by atoms with van der Waals surface area (Å²) in [7, 11) is -3.34. The molecule has 1 aromatic rings. The molecule has 1 heterocycles. The summed E-state index contributed by atoms with van der Waals surface area (Å²) in [4.78, 5) is 15.9. The number of aromatic nitrogens is 1. The number of nitrogens with zero attached hydrogens (tertiary/aromatic N) is 1. The van der Waals surface area contributed by atoms with Crippen molar-refractivity contribution >= 4 is 16.1 Å². The van der Waals surface area contributed by atoms with Gasteiger partial charge in [0.1, 0.15) is 10.5 Å². The molecule has 0 aliphatic heterocycles. The average Bonchev–Trinajstić information content (AvgIpc) is 2.45. The highest BCUT2D eigenvalue weighted by Crippen LogP contribution is 2.36. The van der Waals surface area contributed by atoms with Gasteiger partial charge >= 0.3 is 5.97 Å². The van der Waals surface area contributed by atoms with E-state index < -0.39 is 16.1 Å². The van der Waals surface area contributed by atoms with E-state index in [0.29, 0.717) is 5.69 Å². The number of hydrogen-bond acceptors (Lipinski definition) is 5. The van der Waals surface area contributed by atoms with Crippen molar-refractivity contribution < 1.29 is 22.5 Å². The normalized spacial score (nSPS) is 16.7. The van der Waals surface area contributed by atoms with Gasteiger partial charge in [-0.3, -0.25) is 9.54 Å². The Hall–Kier alpha value is -1.47. The van der Waals surface area contributed by atoms with Crippen LogP contribution in [0.2, 0.25) is 0 Å². The van der Waals surface area contributed by atoms with Gasteiger partial charge in [-0.05, 0) is 25.3 Å². The molecule has 2 rings (SSSR count). The zero-order valence-corrected chi connectivity index (χ0v) is 12.9. The van der Waals surface area contributed by atoms with Crippen molar-refractivity contribution in [1.29, 1.82) is 0 Å². The Kier molecular flexibility index (Phi) is 4.63. The number of ether oxygens (including phenoxy) is 1. The van der Waals surface area contributed by atoms with Crippen LogP contribution in [0.4, 0.5) is 0 Å². The van der Waals surface area contributed by atoms with Gasteiger partial charge in [-0.1, -0.05) is 19.3 Å². The van der Waals surface area contributed by atoms with Gasteiger partial charge < -0.3 is 4.74 Å². The van der Waals surface area contributed by atoms with Crippen molar-refractivity contribution in [3.63, 3.8) is 0 Å². The summed E-state index contributed by atoms with van der Waals surface area (Å²) in [6.07, 6.45) is 6.25. The molecule has 116 valence electrons. The Labute approximate surface area is 124 Å². The van der Waals surface area contributed by atoms with E-state index in [1.807, 2.05) is 0 Å². The third kappa shape index (κ3) is 3.24. The maximum atomic E-state index is 12.1. The monoisotopic (exact) mass is 313 g/mol. The molecular weight excluding hydrogens is 294 g/mol. The number of esters is 1. The lowest BCUT2D eigenvalue weighted by molar-refractivity contribution is 0.0592. The van der Waals surface area contributed by atoms with E-state index >= 15 is 0 Å². The first kappa shape index (κ1) is 15.9. The fourth-order valence-electron chi connectivity index (χ4n) is 2.92. The Bertz CT molecular complexity index is 648. The van der Waals surface area contributed by atoms with E-state index in [1.54, 1.807) is 0 Å². The standard InChI is InChI=1S/C14H19NO5S/c1-9-8-15-12(10-6-4-3-5-7-10)11(14(16)20-2)13(9)21(17,18)19/h8,10H,3-7H2,1-2H3,(H,17,18,19). The minimum atomic E-state index is -4.52. The first-order chi connectivity index (χ1) is 9.86. The van der Waals surface area contributed by atoms with Gasteiger partial charge in [0.15, 0.2) is 0 Å². The lowest BCUT2D eigenvalue weighted by Gasteiger charge is -2.24. The van der Waals surface area contributed by atoms with Gasteiger partial charge in [-0.2, -0.15) is 8.42 Å². The molecule has 1 aliphatic rings.